The Kier molecular flexibility index (Phi) is 5.56. The molecule has 0 aliphatic heterocycles. The zero-order chi connectivity index (χ0) is 16.2. The van der Waals surface area contributed by atoms with Crippen molar-refractivity contribution < 1.29 is 9.90 Å². The second-order valence-corrected chi connectivity index (χ2v) is 6.61. The maximum absolute atomic E-state index is 12.0. The van der Waals surface area contributed by atoms with E-state index in [2.05, 4.69) is 22.6 Å². The van der Waals surface area contributed by atoms with E-state index in [9.17, 15) is 9.90 Å². The minimum Gasteiger partial charge on any atom is -0.384 e. The predicted octanol–water partition coefficient (Wildman–Crippen LogP) is 1.84. The molecular weight excluding hydrogens is 280 g/mol. The lowest BCUT2D eigenvalue weighted by Gasteiger charge is -2.34. The summed E-state index contributed by atoms with van der Waals surface area (Å²) in [6, 6.07) is 0. The Morgan fingerprint density at radius 2 is 2.23 bits per heavy atom. The number of carbonyl (C=O) groups excluding carboxylic acids is 1. The fourth-order valence-electron chi connectivity index (χ4n) is 2.87. The molecule has 2 rings (SSSR count). The summed E-state index contributed by atoms with van der Waals surface area (Å²) in [5.74, 6) is 1.10. The Labute approximate surface area is 132 Å². The molecule has 1 unspecified atom stereocenters. The monoisotopic (exact) mass is 308 g/mol. The Morgan fingerprint density at radius 3 is 2.86 bits per heavy atom. The summed E-state index contributed by atoms with van der Waals surface area (Å²) in [4.78, 5) is 12.0. The van der Waals surface area contributed by atoms with Gasteiger partial charge >= 0.3 is 0 Å². The van der Waals surface area contributed by atoms with Crippen LogP contribution in [0.2, 0.25) is 0 Å². The van der Waals surface area contributed by atoms with Gasteiger partial charge in [-0.3, -0.25) is 9.48 Å². The normalized spacial score (nSPS) is 23.6. The second-order valence-electron chi connectivity index (χ2n) is 6.61. The van der Waals surface area contributed by atoms with E-state index in [0.717, 1.165) is 18.8 Å². The van der Waals surface area contributed by atoms with Crippen molar-refractivity contribution in [3.8, 4) is 0 Å². The molecule has 1 heterocycles. The highest BCUT2D eigenvalue weighted by molar-refractivity contribution is 5.79. The fourth-order valence-corrected chi connectivity index (χ4v) is 2.87. The van der Waals surface area contributed by atoms with E-state index in [-0.39, 0.29) is 11.8 Å². The van der Waals surface area contributed by atoms with E-state index in [1.54, 1.807) is 17.8 Å². The summed E-state index contributed by atoms with van der Waals surface area (Å²) in [6.07, 6.45) is 6.84. The Hall–Kier alpha value is -1.43. The van der Waals surface area contributed by atoms with Gasteiger partial charge < -0.3 is 10.4 Å². The molecule has 1 aliphatic carbocycles. The largest absolute Gasteiger partial charge is 0.384 e. The van der Waals surface area contributed by atoms with Crippen molar-refractivity contribution in [3.63, 3.8) is 0 Å². The number of nitrogens with one attached hydrogen (secondary N) is 1. The first-order valence-corrected chi connectivity index (χ1v) is 8.37. The third-order valence-corrected chi connectivity index (χ3v) is 4.72. The van der Waals surface area contributed by atoms with Gasteiger partial charge in [-0.25, -0.2) is 0 Å². The molecule has 1 saturated carbocycles. The van der Waals surface area contributed by atoms with Gasteiger partial charge in [0.25, 0.3) is 0 Å². The van der Waals surface area contributed by atoms with E-state index in [0.29, 0.717) is 25.2 Å². The van der Waals surface area contributed by atoms with Gasteiger partial charge in [-0.1, -0.05) is 31.9 Å². The minimum atomic E-state index is -0.943. The number of nitrogens with zero attached hydrogens (tertiary/aromatic N) is 3. The maximum atomic E-state index is 12.0. The molecule has 6 heteroatoms. The lowest BCUT2D eigenvalue weighted by molar-refractivity contribution is -0.129. The number of amides is 1. The van der Waals surface area contributed by atoms with Gasteiger partial charge in [-0.05, 0) is 32.1 Å². The molecule has 1 fully saturated rings. The first-order chi connectivity index (χ1) is 10.5. The molecule has 1 aromatic heterocycles. The number of hydrogen-bond acceptors (Lipinski definition) is 4. The average Bonchev–Trinajstić information content (AvgIpc) is 2.91. The van der Waals surface area contributed by atoms with Crippen LogP contribution in [0.25, 0.3) is 0 Å². The van der Waals surface area contributed by atoms with Crippen LogP contribution in [0.5, 0.6) is 0 Å². The van der Waals surface area contributed by atoms with Crippen LogP contribution in [0.1, 0.15) is 58.6 Å². The number of rotatable bonds is 8. The molecule has 0 radical (unpaired) electrons. The first kappa shape index (κ1) is 16.9. The first-order valence-electron chi connectivity index (χ1n) is 8.37. The fraction of sp³-hybridized carbons (Fsp3) is 0.812. The molecule has 0 bridgehead atoms. The van der Waals surface area contributed by atoms with Crippen LogP contribution in [-0.2, 0) is 16.9 Å². The van der Waals surface area contributed by atoms with E-state index in [1.165, 1.54) is 12.8 Å². The molecule has 2 N–H and O–H groups in total. The quantitative estimate of drug-likeness (QED) is 0.768. The van der Waals surface area contributed by atoms with Crippen LogP contribution in [0.4, 0.5) is 0 Å². The van der Waals surface area contributed by atoms with Gasteiger partial charge in [0.1, 0.15) is 11.3 Å². The lowest BCUT2D eigenvalue weighted by Crippen LogP contribution is -2.39. The van der Waals surface area contributed by atoms with Crippen LogP contribution < -0.4 is 5.32 Å². The third kappa shape index (κ3) is 4.06. The van der Waals surface area contributed by atoms with E-state index in [1.807, 2.05) is 6.92 Å². The Balaban J connectivity index is 1.70. The maximum Gasteiger partial charge on any atom is 0.223 e. The standard InChI is InChI=1S/C16H28N4O2/c1-4-6-12-9-13(10-12)15(21)17-7-8-20-11-14(18-19-20)16(3,22)5-2/h11-13,22H,4-10H2,1-3H3,(H,17,21). The topological polar surface area (TPSA) is 80.0 Å². The summed E-state index contributed by atoms with van der Waals surface area (Å²) in [7, 11) is 0. The van der Waals surface area contributed by atoms with Gasteiger partial charge in [0, 0.05) is 12.5 Å². The number of aromatic nitrogens is 3. The number of carbonyl (C=O) groups is 1. The summed E-state index contributed by atoms with van der Waals surface area (Å²) in [6.45, 7) is 6.94. The Morgan fingerprint density at radius 1 is 1.50 bits per heavy atom. The van der Waals surface area contributed by atoms with Crippen LogP contribution in [0.15, 0.2) is 6.20 Å². The van der Waals surface area contributed by atoms with E-state index < -0.39 is 5.60 Å². The summed E-state index contributed by atoms with van der Waals surface area (Å²) in [5.41, 5.74) is -0.371. The van der Waals surface area contributed by atoms with Crippen molar-refractivity contribution in [2.45, 2.75) is 65.0 Å². The van der Waals surface area contributed by atoms with Crippen molar-refractivity contribution >= 4 is 5.91 Å². The molecule has 22 heavy (non-hydrogen) atoms. The molecule has 1 atom stereocenters. The molecule has 1 aromatic rings. The second kappa shape index (κ2) is 7.22. The predicted molar refractivity (Wildman–Crippen MR) is 84.0 cm³/mol. The van der Waals surface area contributed by atoms with Gasteiger partial charge in [0.05, 0.1) is 12.7 Å². The highest BCUT2D eigenvalue weighted by atomic mass is 16.3. The molecule has 0 spiro atoms. The number of aliphatic hydroxyl groups is 1. The highest BCUT2D eigenvalue weighted by Crippen LogP contribution is 2.36. The van der Waals surface area contributed by atoms with Crippen LogP contribution in [0, 0.1) is 11.8 Å². The highest BCUT2D eigenvalue weighted by Gasteiger charge is 2.33. The average molecular weight is 308 g/mol. The molecule has 1 amide bonds. The van der Waals surface area contributed by atoms with Crippen molar-refractivity contribution in [2.75, 3.05) is 6.54 Å². The smallest absolute Gasteiger partial charge is 0.223 e. The van der Waals surface area contributed by atoms with Gasteiger partial charge in [0.2, 0.25) is 5.91 Å². The van der Waals surface area contributed by atoms with Crippen molar-refractivity contribution in [1.29, 1.82) is 0 Å². The summed E-state index contributed by atoms with van der Waals surface area (Å²) in [5, 5.41) is 21.1. The molecule has 0 saturated heterocycles. The van der Waals surface area contributed by atoms with Crippen LogP contribution >= 0.6 is 0 Å². The Bertz CT molecular complexity index is 492. The zero-order valence-corrected chi connectivity index (χ0v) is 13.9. The van der Waals surface area contributed by atoms with Crippen molar-refractivity contribution in [3.05, 3.63) is 11.9 Å². The molecule has 0 aromatic carbocycles. The third-order valence-electron chi connectivity index (χ3n) is 4.72. The molecule has 1 aliphatic rings. The summed E-state index contributed by atoms with van der Waals surface area (Å²) >= 11 is 0. The molecular formula is C16H28N4O2. The minimum absolute atomic E-state index is 0.160. The van der Waals surface area contributed by atoms with E-state index in [4.69, 9.17) is 0 Å². The van der Waals surface area contributed by atoms with Crippen LogP contribution in [-0.4, -0.2) is 32.6 Å². The summed E-state index contributed by atoms with van der Waals surface area (Å²) < 4.78 is 1.67. The number of hydrogen-bond donors (Lipinski definition) is 2. The van der Waals surface area contributed by atoms with E-state index >= 15 is 0 Å². The van der Waals surface area contributed by atoms with Gasteiger partial charge in [-0.15, -0.1) is 5.10 Å². The van der Waals surface area contributed by atoms with Crippen molar-refractivity contribution in [1.82, 2.24) is 20.3 Å². The molecule has 6 nitrogen and oxygen atoms in total. The molecule has 124 valence electrons. The van der Waals surface area contributed by atoms with Crippen LogP contribution in [0.3, 0.4) is 0 Å². The SMILES string of the molecule is CCCC1CC(C(=O)NCCn2cc(C(C)(O)CC)nn2)C1. The van der Waals surface area contributed by atoms with Gasteiger partial charge in [0.15, 0.2) is 0 Å². The van der Waals surface area contributed by atoms with Crippen molar-refractivity contribution in [2.24, 2.45) is 11.8 Å². The lowest BCUT2D eigenvalue weighted by atomic mass is 9.72. The van der Waals surface area contributed by atoms with Gasteiger partial charge in [-0.2, -0.15) is 0 Å². The zero-order valence-electron chi connectivity index (χ0n) is 13.9.